The molecule has 1 amide bonds. The summed E-state index contributed by atoms with van der Waals surface area (Å²) in [4.78, 5) is 12.5. The molecule has 25 heavy (non-hydrogen) atoms. The number of hydrogen-bond acceptors (Lipinski definition) is 2. The molecule has 2 heterocycles. The molecule has 3 rings (SSSR count). The molecule has 0 saturated heterocycles. The monoisotopic (exact) mass is 346 g/mol. The minimum Gasteiger partial charge on any atom is -0.463 e. The molecule has 0 atom stereocenters. The van der Waals surface area contributed by atoms with Crippen LogP contribution in [0.15, 0.2) is 41.0 Å². The van der Waals surface area contributed by atoms with Crippen LogP contribution in [0.1, 0.15) is 42.2 Å². The third-order valence-electron chi connectivity index (χ3n) is 4.18. The van der Waals surface area contributed by atoms with Gasteiger partial charge in [-0.05, 0) is 12.5 Å². The van der Waals surface area contributed by atoms with E-state index in [0.29, 0.717) is 23.3 Å². The van der Waals surface area contributed by atoms with Crippen molar-refractivity contribution in [1.29, 1.82) is 0 Å². The third kappa shape index (κ3) is 3.57. The lowest BCUT2D eigenvalue weighted by atomic mass is 10.2. The number of furan rings is 1. The van der Waals surface area contributed by atoms with Crippen LogP contribution in [-0.2, 0) is 6.54 Å². The maximum atomic E-state index is 14.0. The third-order valence-corrected chi connectivity index (χ3v) is 4.18. The Morgan fingerprint density at radius 2 is 2.08 bits per heavy atom. The quantitative estimate of drug-likeness (QED) is 0.641. The molecule has 4 nitrogen and oxygen atoms in total. The molecular weight excluding hydrogens is 326 g/mol. The Labute approximate surface area is 144 Å². The SMILES string of the molecule is CCCCCNC(=O)c1cc2occc2n1Cc1cccc(F)c1F. The van der Waals surface area contributed by atoms with Gasteiger partial charge in [0.2, 0.25) is 0 Å². The van der Waals surface area contributed by atoms with E-state index < -0.39 is 11.6 Å². The van der Waals surface area contributed by atoms with Crippen LogP contribution < -0.4 is 5.32 Å². The van der Waals surface area contributed by atoms with Gasteiger partial charge in [0.15, 0.2) is 17.2 Å². The highest BCUT2D eigenvalue weighted by molar-refractivity contribution is 5.97. The van der Waals surface area contributed by atoms with Crippen LogP contribution in [0.4, 0.5) is 8.78 Å². The molecule has 132 valence electrons. The molecule has 1 N–H and O–H groups in total. The number of amides is 1. The predicted molar refractivity (Wildman–Crippen MR) is 91.5 cm³/mol. The van der Waals surface area contributed by atoms with Crippen LogP contribution >= 0.6 is 0 Å². The van der Waals surface area contributed by atoms with E-state index >= 15 is 0 Å². The highest BCUT2D eigenvalue weighted by atomic mass is 19.2. The number of aromatic nitrogens is 1. The molecular formula is C19H20F2N2O2. The zero-order chi connectivity index (χ0) is 17.8. The molecule has 0 fully saturated rings. The predicted octanol–water partition coefficient (Wildman–Crippen LogP) is 4.48. The van der Waals surface area contributed by atoms with Crippen LogP contribution in [-0.4, -0.2) is 17.0 Å². The van der Waals surface area contributed by atoms with Gasteiger partial charge in [-0.1, -0.05) is 31.9 Å². The second-order valence-corrected chi connectivity index (χ2v) is 5.96. The van der Waals surface area contributed by atoms with E-state index in [4.69, 9.17) is 4.42 Å². The first kappa shape index (κ1) is 17.2. The van der Waals surface area contributed by atoms with Crippen molar-refractivity contribution in [2.45, 2.75) is 32.7 Å². The number of carbonyl (C=O) groups is 1. The molecule has 0 aliphatic heterocycles. The van der Waals surface area contributed by atoms with Gasteiger partial charge in [0.1, 0.15) is 5.69 Å². The molecule has 0 bridgehead atoms. The van der Waals surface area contributed by atoms with Gasteiger partial charge >= 0.3 is 0 Å². The number of nitrogens with one attached hydrogen (secondary N) is 1. The van der Waals surface area contributed by atoms with Crippen LogP contribution in [0.3, 0.4) is 0 Å². The first-order chi connectivity index (χ1) is 12.1. The van der Waals surface area contributed by atoms with E-state index in [-0.39, 0.29) is 18.0 Å². The summed E-state index contributed by atoms with van der Waals surface area (Å²) in [5.41, 5.74) is 1.76. The van der Waals surface area contributed by atoms with Crippen LogP contribution in [0.5, 0.6) is 0 Å². The Hall–Kier alpha value is -2.63. The van der Waals surface area contributed by atoms with E-state index in [1.807, 2.05) is 0 Å². The number of halogens is 2. The van der Waals surface area contributed by atoms with Crippen LogP contribution in [0.2, 0.25) is 0 Å². The Bertz CT molecular complexity index is 883. The summed E-state index contributed by atoms with van der Waals surface area (Å²) in [5.74, 6) is -2.06. The molecule has 0 unspecified atom stereocenters. The number of carbonyl (C=O) groups excluding carboxylic acids is 1. The largest absolute Gasteiger partial charge is 0.463 e. The van der Waals surface area contributed by atoms with Gasteiger partial charge in [0.25, 0.3) is 5.91 Å². The zero-order valence-corrected chi connectivity index (χ0v) is 14.0. The fraction of sp³-hybridized carbons (Fsp3) is 0.316. The minimum atomic E-state index is -0.904. The van der Waals surface area contributed by atoms with Crippen molar-refractivity contribution < 1.29 is 18.0 Å². The Morgan fingerprint density at radius 3 is 2.88 bits per heavy atom. The summed E-state index contributed by atoms with van der Waals surface area (Å²) < 4.78 is 34.5. The smallest absolute Gasteiger partial charge is 0.268 e. The van der Waals surface area contributed by atoms with E-state index in [0.717, 1.165) is 25.3 Å². The van der Waals surface area contributed by atoms with Gasteiger partial charge in [-0.25, -0.2) is 8.78 Å². The second-order valence-electron chi connectivity index (χ2n) is 5.96. The van der Waals surface area contributed by atoms with Crippen molar-refractivity contribution in [3.05, 3.63) is 59.5 Å². The van der Waals surface area contributed by atoms with Crippen LogP contribution in [0, 0.1) is 11.6 Å². The summed E-state index contributed by atoms with van der Waals surface area (Å²) in [6, 6.07) is 7.37. The average molecular weight is 346 g/mol. The number of fused-ring (bicyclic) bond motifs is 1. The summed E-state index contributed by atoms with van der Waals surface area (Å²) in [7, 11) is 0. The Balaban J connectivity index is 1.89. The zero-order valence-electron chi connectivity index (χ0n) is 14.0. The molecule has 3 aromatic rings. The minimum absolute atomic E-state index is 0.0460. The van der Waals surface area contributed by atoms with Crippen molar-refractivity contribution in [3.8, 4) is 0 Å². The number of unbranched alkanes of at least 4 members (excludes halogenated alkanes) is 2. The van der Waals surface area contributed by atoms with Crippen LogP contribution in [0.25, 0.3) is 11.1 Å². The van der Waals surface area contributed by atoms with Crippen molar-refractivity contribution in [1.82, 2.24) is 9.88 Å². The van der Waals surface area contributed by atoms with E-state index in [1.165, 1.54) is 18.4 Å². The molecule has 0 radical (unpaired) electrons. The lowest BCUT2D eigenvalue weighted by molar-refractivity contribution is 0.0944. The number of hydrogen-bond donors (Lipinski definition) is 1. The van der Waals surface area contributed by atoms with Crippen molar-refractivity contribution >= 4 is 17.0 Å². The summed E-state index contributed by atoms with van der Waals surface area (Å²) >= 11 is 0. The topological polar surface area (TPSA) is 47.2 Å². The normalized spacial score (nSPS) is 11.2. The first-order valence-corrected chi connectivity index (χ1v) is 8.39. The number of benzene rings is 1. The highest BCUT2D eigenvalue weighted by Crippen LogP contribution is 2.23. The molecule has 0 aliphatic rings. The van der Waals surface area contributed by atoms with Crippen molar-refractivity contribution in [3.63, 3.8) is 0 Å². The van der Waals surface area contributed by atoms with Gasteiger partial charge < -0.3 is 14.3 Å². The fourth-order valence-electron chi connectivity index (χ4n) is 2.84. The number of nitrogens with zero attached hydrogens (tertiary/aromatic N) is 1. The molecule has 1 aromatic carbocycles. The van der Waals surface area contributed by atoms with E-state index in [1.54, 1.807) is 16.7 Å². The molecule has 0 spiro atoms. The second kappa shape index (κ2) is 7.51. The standard InChI is InChI=1S/C19H20F2N2O2/c1-2-3-4-9-22-19(24)16-11-17-15(8-10-25-17)23(16)12-13-6-5-7-14(20)18(13)21/h5-8,10-11H,2-4,9,12H2,1H3,(H,22,24). The fourth-order valence-corrected chi connectivity index (χ4v) is 2.84. The first-order valence-electron chi connectivity index (χ1n) is 8.39. The highest BCUT2D eigenvalue weighted by Gasteiger charge is 2.19. The van der Waals surface area contributed by atoms with Gasteiger partial charge in [0.05, 0.1) is 18.3 Å². The summed E-state index contributed by atoms with van der Waals surface area (Å²) in [6.45, 7) is 2.71. The lowest BCUT2D eigenvalue weighted by Gasteiger charge is -2.11. The van der Waals surface area contributed by atoms with Gasteiger partial charge in [0, 0.05) is 24.2 Å². The summed E-state index contributed by atoms with van der Waals surface area (Å²) in [5, 5.41) is 2.87. The molecule has 0 aliphatic carbocycles. The summed E-state index contributed by atoms with van der Waals surface area (Å²) in [6.07, 6.45) is 4.51. The maximum absolute atomic E-state index is 14.0. The maximum Gasteiger partial charge on any atom is 0.268 e. The Kier molecular flexibility index (Phi) is 5.16. The van der Waals surface area contributed by atoms with Crippen molar-refractivity contribution in [2.75, 3.05) is 6.54 Å². The number of rotatable bonds is 7. The molecule has 6 heteroatoms. The van der Waals surface area contributed by atoms with E-state index in [2.05, 4.69) is 12.2 Å². The van der Waals surface area contributed by atoms with Crippen molar-refractivity contribution in [2.24, 2.45) is 0 Å². The molecule has 0 saturated carbocycles. The van der Waals surface area contributed by atoms with Gasteiger partial charge in [-0.3, -0.25) is 4.79 Å². The van der Waals surface area contributed by atoms with Gasteiger partial charge in [-0.2, -0.15) is 0 Å². The average Bonchev–Trinajstić information content (AvgIpc) is 3.18. The van der Waals surface area contributed by atoms with E-state index in [9.17, 15) is 13.6 Å². The lowest BCUT2D eigenvalue weighted by Crippen LogP contribution is -2.27. The molecule has 2 aromatic heterocycles. The van der Waals surface area contributed by atoms with Gasteiger partial charge in [-0.15, -0.1) is 0 Å². The Morgan fingerprint density at radius 1 is 1.24 bits per heavy atom.